The fraction of sp³-hybridized carbons (Fsp3) is 1.00. The van der Waals surface area contributed by atoms with E-state index >= 15 is 0 Å². The Hall–Kier alpha value is -0.0400. The molecule has 0 radical (unpaired) electrons. The van der Waals surface area contributed by atoms with Crippen LogP contribution in [0.25, 0.3) is 0 Å². The monoisotopic (exact) mass is 223 g/mol. The zero-order valence-corrected chi connectivity index (χ0v) is 12.0. The number of piperidine rings is 2. The van der Waals surface area contributed by atoms with Crippen LogP contribution in [0, 0.1) is 17.3 Å². The van der Waals surface area contributed by atoms with Crippen LogP contribution in [-0.4, -0.2) is 23.0 Å². The Bertz CT molecular complexity index is 228. The smallest absolute Gasteiger partial charge is 0.0128 e. The van der Waals surface area contributed by atoms with Crippen molar-refractivity contribution in [1.29, 1.82) is 0 Å². The van der Waals surface area contributed by atoms with Gasteiger partial charge in [-0.1, -0.05) is 20.8 Å². The van der Waals surface area contributed by atoms with Crippen molar-refractivity contribution < 1.29 is 0 Å². The van der Waals surface area contributed by atoms with Gasteiger partial charge in [-0.05, 0) is 57.3 Å². The highest BCUT2D eigenvalue weighted by molar-refractivity contribution is 5.00. The van der Waals surface area contributed by atoms with Crippen LogP contribution in [-0.2, 0) is 0 Å². The second-order valence-corrected chi connectivity index (χ2v) is 8.02. The molecule has 1 aliphatic carbocycles. The Morgan fingerprint density at radius 1 is 0.938 bits per heavy atom. The number of rotatable bonds is 0. The standard InChI is InChI=1S/C15H29N/c1-14(2,3)13-9-12-8-7-11(13)10-16(12)15(4,5)6/h11-13H,7-10H2,1-6H3. The quantitative estimate of drug-likeness (QED) is 0.601. The van der Waals surface area contributed by atoms with E-state index in [0.29, 0.717) is 11.0 Å². The fourth-order valence-corrected chi connectivity index (χ4v) is 4.00. The molecule has 3 unspecified atom stereocenters. The topological polar surface area (TPSA) is 3.24 Å². The summed E-state index contributed by atoms with van der Waals surface area (Å²) in [7, 11) is 0. The van der Waals surface area contributed by atoms with Crippen molar-refractivity contribution in [2.75, 3.05) is 6.54 Å². The lowest BCUT2D eigenvalue weighted by Gasteiger charge is -2.57. The minimum Gasteiger partial charge on any atom is -0.295 e. The highest BCUT2D eigenvalue weighted by atomic mass is 15.2. The van der Waals surface area contributed by atoms with Gasteiger partial charge in [0, 0.05) is 18.1 Å². The third kappa shape index (κ3) is 2.16. The average Bonchev–Trinajstić information content (AvgIpc) is 2.15. The summed E-state index contributed by atoms with van der Waals surface area (Å²) in [5, 5.41) is 0. The molecule has 0 spiro atoms. The second kappa shape index (κ2) is 3.73. The fourth-order valence-electron chi connectivity index (χ4n) is 4.00. The molecular formula is C15H29N. The summed E-state index contributed by atoms with van der Waals surface area (Å²) >= 11 is 0. The van der Waals surface area contributed by atoms with Crippen LogP contribution < -0.4 is 0 Å². The van der Waals surface area contributed by atoms with Gasteiger partial charge in [-0.2, -0.15) is 0 Å². The maximum absolute atomic E-state index is 2.77. The molecule has 3 rings (SSSR count). The van der Waals surface area contributed by atoms with E-state index in [4.69, 9.17) is 0 Å². The molecule has 2 heterocycles. The van der Waals surface area contributed by atoms with Gasteiger partial charge < -0.3 is 0 Å². The molecule has 1 saturated carbocycles. The largest absolute Gasteiger partial charge is 0.295 e. The second-order valence-electron chi connectivity index (χ2n) is 8.02. The molecule has 2 bridgehead atoms. The maximum Gasteiger partial charge on any atom is 0.0128 e. The average molecular weight is 223 g/mol. The van der Waals surface area contributed by atoms with Crippen molar-refractivity contribution in [3.8, 4) is 0 Å². The molecule has 0 N–H and O–H groups in total. The molecule has 3 fully saturated rings. The summed E-state index contributed by atoms with van der Waals surface area (Å²) in [6, 6.07) is 0.856. The lowest BCUT2D eigenvalue weighted by atomic mass is 9.61. The Morgan fingerprint density at radius 3 is 1.94 bits per heavy atom. The van der Waals surface area contributed by atoms with Crippen LogP contribution in [0.2, 0.25) is 0 Å². The highest BCUT2D eigenvalue weighted by Gasteiger charge is 2.47. The Kier molecular flexibility index (Phi) is 2.89. The van der Waals surface area contributed by atoms with Crippen molar-refractivity contribution in [2.24, 2.45) is 17.3 Å². The molecule has 2 saturated heterocycles. The van der Waals surface area contributed by atoms with Crippen molar-refractivity contribution in [2.45, 2.75) is 72.4 Å². The summed E-state index contributed by atoms with van der Waals surface area (Å²) in [4.78, 5) is 2.77. The minimum atomic E-state index is 0.367. The van der Waals surface area contributed by atoms with Crippen molar-refractivity contribution in [3.63, 3.8) is 0 Å². The van der Waals surface area contributed by atoms with Crippen LogP contribution in [0.4, 0.5) is 0 Å². The molecule has 16 heavy (non-hydrogen) atoms. The highest BCUT2D eigenvalue weighted by Crippen LogP contribution is 2.48. The van der Waals surface area contributed by atoms with E-state index in [9.17, 15) is 0 Å². The molecule has 3 atom stereocenters. The van der Waals surface area contributed by atoms with Gasteiger partial charge in [-0.25, -0.2) is 0 Å². The normalized spacial score (nSPS) is 36.8. The molecule has 0 amide bonds. The van der Waals surface area contributed by atoms with Gasteiger partial charge in [0.15, 0.2) is 0 Å². The molecular weight excluding hydrogens is 194 g/mol. The Morgan fingerprint density at radius 2 is 1.56 bits per heavy atom. The van der Waals surface area contributed by atoms with E-state index in [2.05, 4.69) is 46.4 Å². The minimum absolute atomic E-state index is 0.367. The molecule has 1 nitrogen and oxygen atoms in total. The predicted molar refractivity (Wildman–Crippen MR) is 70.5 cm³/mol. The molecule has 0 aromatic carbocycles. The summed E-state index contributed by atoms with van der Waals surface area (Å²) in [5.41, 5.74) is 0.875. The van der Waals surface area contributed by atoms with Gasteiger partial charge in [-0.3, -0.25) is 4.90 Å². The van der Waals surface area contributed by atoms with E-state index in [1.807, 2.05) is 0 Å². The first-order valence-corrected chi connectivity index (χ1v) is 6.96. The number of fused-ring (bicyclic) bond motifs is 3. The van der Waals surface area contributed by atoms with Crippen LogP contribution >= 0.6 is 0 Å². The summed E-state index contributed by atoms with van der Waals surface area (Å²) in [6.45, 7) is 15.8. The third-order valence-electron chi connectivity index (χ3n) is 4.81. The van der Waals surface area contributed by atoms with Crippen LogP contribution in [0.3, 0.4) is 0 Å². The van der Waals surface area contributed by atoms with Gasteiger partial charge in [0.2, 0.25) is 0 Å². The summed E-state index contributed by atoms with van der Waals surface area (Å²) in [6.07, 6.45) is 4.35. The molecule has 2 aliphatic heterocycles. The van der Waals surface area contributed by atoms with Crippen LogP contribution in [0.15, 0.2) is 0 Å². The van der Waals surface area contributed by atoms with Gasteiger partial charge >= 0.3 is 0 Å². The lowest BCUT2D eigenvalue weighted by Crippen LogP contribution is -2.60. The van der Waals surface area contributed by atoms with E-state index in [1.165, 1.54) is 25.8 Å². The Labute approximate surface area is 102 Å². The van der Waals surface area contributed by atoms with E-state index in [0.717, 1.165) is 17.9 Å². The van der Waals surface area contributed by atoms with Crippen LogP contribution in [0.5, 0.6) is 0 Å². The van der Waals surface area contributed by atoms with E-state index in [1.54, 1.807) is 0 Å². The Balaban J connectivity index is 2.13. The van der Waals surface area contributed by atoms with E-state index in [-0.39, 0.29) is 0 Å². The molecule has 94 valence electrons. The van der Waals surface area contributed by atoms with Gasteiger partial charge in [-0.15, -0.1) is 0 Å². The van der Waals surface area contributed by atoms with Gasteiger partial charge in [0.25, 0.3) is 0 Å². The number of hydrogen-bond acceptors (Lipinski definition) is 1. The summed E-state index contributed by atoms with van der Waals surface area (Å²) < 4.78 is 0. The summed E-state index contributed by atoms with van der Waals surface area (Å²) in [5.74, 6) is 1.90. The first-order valence-electron chi connectivity index (χ1n) is 6.96. The van der Waals surface area contributed by atoms with Crippen molar-refractivity contribution in [3.05, 3.63) is 0 Å². The molecule has 3 aliphatic rings. The molecule has 1 heteroatoms. The zero-order chi connectivity index (χ0) is 12.1. The van der Waals surface area contributed by atoms with E-state index < -0.39 is 0 Å². The van der Waals surface area contributed by atoms with Gasteiger partial charge in [0.05, 0.1) is 0 Å². The molecule has 0 aromatic heterocycles. The number of hydrogen-bond donors (Lipinski definition) is 0. The van der Waals surface area contributed by atoms with Crippen molar-refractivity contribution >= 4 is 0 Å². The third-order valence-corrected chi connectivity index (χ3v) is 4.81. The zero-order valence-electron chi connectivity index (χ0n) is 12.0. The lowest BCUT2D eigenvalue weighted by molar-refractivity contribution is -0.0758. The van der Waals surface area contributed by atoms with Crippen LogP contribution in [0.1, 0.15) is 60.8 Å². The first-order chi connectivity index (χ1) is 7.19. The van der Waals surface area contributed by atoms with Crippen molar-refractivity contribution in [1.82, 2.24) is 4.90 Å². The number of nitrogens with zero attached hydrogens (tertiary/aromatic N) is 1. The molecule has 0 aromatic rings. The maximum atomic E-state index is 2.77. The SMILES string of the molecule is CC(C)(C)C1CC2CCC1CN2C(C)(C)C. The first kappa shape index (κ1) is 12.4. The predicted octanol–water partition coefficient (Wildman–Crippen LogP) is 3.93. The van der Waals surface area contributed by atoms with Gasteiger partial charge in [0.1, 0.15) is 0 Å².